The number of benzene rings is 1. The molecule has 17 heavy (non-hydrogen) atoms. The summed E-state index contributed by atoms with van der Waals surface area (Å²) >= 11 is 7.39. The Morgan fingerprint density at radius 1 is 1.41 bits per heavy atom. The molecule has 0 aliphatic heterocycles. The molecule has 0 unspecified atom stereocenters. The summed E-state index contributed by atoms with van der Waals surface area (Å²) in [6.07, 6.45) is 0.00306. The van der Waals surface area contributed by atoms with Gasteiger partial charge in [0.1, 0.15) is 5.82 Å². The van der Waals surface area contributed by atoms with Crippen LogP contribution in [-0.4, -0.2) is 5.78 Å². The molecule has 0 radical (unpaired) electrons. The second kappa shape index (κ2) is 4.98. The molecule has 0 saturated heterocycles. The first kappa shape index (κ1) is 12.3. The predicted molar refractivity (Wildman–Crippen MR) is 68.5 cm³/mol. The second-order valence-electron chi connectivity index (χ2n) is 3.69. The summed E-state index contributed by atoms with van der Waals surface area (Å²) in [5, 5.41) is 2.15. The number of carbonyl (C=O) groups excluding carboxylic acids is 1. The minimum atomic E-state index is -0.432. The number of hydrogen-bond donors (Lipinski definition) is 0. The van der Waals surface area contributed by atoms with Gasteiger partial charge in [0.05, 0.1) is 0 Å². The third-order valence-electron chi connectivity index (χ3n) is 2.56. The number of aryl methyl sites for hydroxylation is 1. The minimum Gasteiger partial charge on any atom is -0.294 e. The van der Waals surface area contributed by atoms with Crippen LogP contribution in [0.1, 0.15) is 20.8 Å². The summed E-state index contributed by atoms with van der Waals surface area (Å²) in [5.74, 6) is -0.533. The molecule has 0 fully saturated rings. The van der Waals surface area contributed by atoms with E-state index in [1.165, 1.54) is 23.5 Å². The number of rotatable bonds is 3. The van der Waals surface area contributed by atoms with Crippen molar-refractivity contribution >= 4 is 28.7 Å². The van der Waals surface area contributed by atoms with Crippen LogP contribution in [0.2, 0.25) is 5.02 Å². The average molecular weight is 269 g/mol. The molecule has 1 heterocycles. The maximum Gasteiger partial charge on any atom is 0.168 e. The predicted octanol–water partition coefficient (Wildman–Crippen LogP) is 4.27. The maximum atomic E-state index is 13.5. The highest BCUT2D eigenvalue weighted by Crippen LogP contribution is 2.23. The molecule has 1 aromatic heterocycles. The molecule has 0 aliphatic carbocycles. The molecule has 0 N–H and O–H groups in total. The van der Waals surface area contributed by atoms with Crippen LogP contribution in [0.25, 0.3) is 0 Å². The molecule has 0 atom stereocenters. The largest absolute Gasteiger partial charge is 0.294 e. The quantitative estimate of drug-likeness (QED) is 0.760. The lowest BCUT2D eigenvalue weighted by atomic mass is 10.0. The van der Waals surface area contributed by atoms with Crippen molar-refractivity contribution in [3.05, 3.63) is 56.5 Å². The van der Waals surface area contributed by atoms with Gasteiger partial charge in [-0.25, -0.2) is 4.39 Å². The zero-order valence-corrected chi connectivity index (χ0v) is 10.7. The number of halogens is 2. The Morgan fingerprint density at radius 3 is 2.76 bits per heavy atom. The zero-order valence-electron chi connectivity index (χ0n) is 9.17. The minimum absolute atomic E-state index is 0.00306. The van der Waals surface area contributed by atoms with Crippen LogP contribution in [0.15, 0.2) is 29.6 Å². The summed E-state index contributed by atoms with van der Waals surface area (Å²) in [6, 6.07) is 6.20. The van der Waals surface area contributed by atoms with Gasteiger partial charge in [0.25, 0.3) is 0 Å². The van der Waals surface area contributed by atoms with E-state index in [0.717, 1.165) is 4.88 Å². The molecular formula is C13H10ClFOS. The smallest absolute Gasteiger partial charge is 0.168 e. The van der Waals surface area contributed by atoms with Gasteiger partial charge in [-0.05, 0) is 30.5 Å². The Bertz CT molecular complexity index is 542. The van der Waals surface area contributed by atoms with Crippen LogP contribution >= 0.6 is 22.9 Å². The SMILES string of the molecule is Cc1sccc1C(=O)Cc1c(F)cccc1Cl. The number of Topliss-reactive ketones (excluding diaryl/α,β-unsaturated/α-hetero) is 1. The van der Waals surface area contributed by atoms with Crippen LogP contribution in [-0.2, 0) is 6.42 Å². The lowest BCUT2D eigenvalue weighted by molar-refractivity contribution is 0.0992. The van der Waals surface area contributed by atoms with E-state index >= 15 is 0 Å². The van der Waals surface area contributed by atoms with Gasteiger partial charge < -0.3 is 0 Å². The van der Waals surface area contributed by atoms with Crippen LogP contribution in [0.5, 0.6) is 0 Å². The van der Waals surface area contributed by atoms with Crippen molar-refractivity contribution < 1.29 is 9.18 Å². The van der Waals surface area contributed by atoms with Gasteiger partial charge in [-0.3, -0.25) is 4.79 Å². The molecule has 0 saturated carbocycles. The summed E-state index contributed by atoms with van der Waals surface area (Å²) in [6.45, 7) is 1.88. The zero-order chi connectivity index (χ0) is 12.4. The molecule has 88 valence electrons. The Hall–Kier alpha value is -1.19. The molecule has 2 aromatic rings. The lowest BCUT2D eigenvalue weighted by Gasteiger charge is -2.04. The van der Waals surface area contributed by atoms with Crippen LogP contribution in [0.3, 0.4) is 0 Å². The fourth-order valence-corrected chi connectivity index (χ4v) is 2.58. The summed E-state index contributed by atoms with van der Waals surface area (Å²) in [7, 11) is 0. The normalized spacial score (nSPS) is 10.5. The number of carbonyl (C=O) groups is 1. The first-order valence-electron chi connectivity index (χ1n) is 5.10. The van der Waals surface area contributed by atoms with E-state index in [1.807, 2.05) is 12.3 Å². The van der Waals surface area contributed by atoms with Gasteiger partial charge in [0.2, 0.25) is 0 Å². The van der Waals surface area contributed by atoms with Crippen molar-refractivity contribution in [2.45, 2.75) is 13.3 Å². The standard InChI is InChI=1S/C13H10ClFOS/c1-8-9(5-6-17-8)13(16)7-10-11(14)3-2-4-12(10)15/h2-6H,7H2,1H3. The van der Waals surface area contributed by atoms with Crippen molar-refractivity contribution in [2.75, 3.05) is 0 Å². The fraction of sp³-hybridized carbons (Fsp3) is 0.154. The Morgan fingerprint density at radius 2 is 2.18 bits per heavy atom. The van der Waals surface area contributed by atoms with E-state index in [0.29, 0.717) is 10.6 Å². The molecule has 0 amide bonds. The second-order valence-corrected chi connectivity index (χ2v) is 5.22. The van der Waals surface area contributed by atoms with Crippen LogP contribution in [0, 0.1) is 12.7 Å². The Balaban J connectivity index is 2.28. The van der Waals surface area contributed by atoms with E-state index in [4.69, 9.17) is 11.6 Å². The monoisotopic (exact) mass is 268 g/mol. The summed E-state index contributed by atoms with van der Waals surface area (Å²) < 4.78 is 13.5. The summed E-state index contributed by atoms with van der Waals surface area (Å²) in [4.78, 5) is 12.9. The molecule has 2 rings (SSSR count). The molecule has 0 aliphatic rings. The van der Waals surface area contributed by atoms with Gasteiger partial charge >= 0.3 is 0 Å². The van der Waals surface area contributed by atoms with Gasteiger partial charge in [-0.1, -0.05) is 17.7 Å². The Kier molecular flexibility index (Phi) is 3.60. The lowest BCUT2D eigenvalue weighted by Crippen LogP contribution is -2.06. The number of thiophene rings is 1. The highest BCUT2D eigenvalue weighted by molar-refractivity contribution is 7.10. The van der Waals surface area contributed by atoms with Crippen molar-refractivity contribution in [1.82, 2.24) is 0 Å². The molecule has 1 aromatic carbocycles. The molecule has 4 heteroatoms. The highest BCUT2D eigenvalue weighted by atomic mass is 35.5. The van der Waals surface area contributed by atoms with E-state index in [-0.39, 0.29) is 17.8 Å². The van der Waals surface area contributed by atoms with Gasteiger partial charge in [-0.2, -0.15) is 0 Å². The van der Waals surface area contributed by atoms with Crippen LogP contribution < -0.4 is 0 Å². The van der Waals surface area contributed by atoms with Gasteiger partial charge in [0, 0.05) is 27.4 Å². The first-order valence-corrected chi connectivity index (χ1v) is 6.35. The van der Waals surface area contributed by atoms with E-state index in [9.17, 15) is 9.18 Å². The van der Waals surface area contributed by atoms with E-state index in [2.05, 4.69) is 0 Å². The average Bonchev–Trinajstić information content (AvgIpc) is 2.70. The fourth-order valence-electron chi connectivity index (χ4n) is 1.63. The van der Waals surface area contributed by atoms with Crippen molar-refractivity contribution in [1.29, 1.82) is 0 Å². The topological polar surface area (TPSA) is 17.1 Å². The van der Waals surface area contributed by atoms with E-state index in [1.54, 1.807) is 12.1 Å². The van der Waals surface area contributed by atoms with Crippen LogP contribution in [0.4, 0.5) is 4.39 Å². The van der Waals surface area contributed by atoms with Crippen molar-refractivity contribution in [3.8, 4) is 0 Å². The summed E-state index contributed by atoms with van der Waals surface area (Å²) in [5.41, 5.74) is 0.916. The third-order valence-corrected chi connectivity index (χ3v) is 3.76. The Labute approximate surface area is 108 Å². The van der Waals surface area contributed by atoms with Crippen molar-refractivity contribution in [3.63, 3.8) is 0 Å². The maximum absolute atomic E-state index is 13.5. The highest BCUT2D eigenvalue weighted by Gasteiger charge is 2.15. The third kappa shape index (κ3) is 2.56. The van der Waals surface area contributed by atoms with Gasteiger partial charge in [0.15, 0.2) is 5.78 Å². The van der Waals surface area contributed by atoms with Crippen molar-refractivity contribution in [2.24, 2.45) is 0 Å². The molecule has 0 bridgehead atoms. The number of ketones is 1. The first-order chi connectivity index (χ1) is 8.09. The molecular weight excluding hydrogens is 259 g/mol. The van der Waals surface area contributed by atoms with Gasteiger partial charge in [-0.15, -0.1) is 11.3 Å². The molecule has 0 spiro atoms. The number of hydrogen-bond acceptors (Lipinski definition) is 2. The van der Waals surface area contributed by atoms with E-state index < -0.39 is 5.82 Å². The molecule has 1 nitrogen and oxygen atoms in total.